The Balaban J connectivity index is 2.39. The number of halogens is 1. The van der Waals surface area contributed by atoms with Gasteiger partial charge in [-0.15, -0.1) is 0 Å². The lowest BCUT2D eigenvalue weighted by atomic mass is 10.2. The molecule has 6 nitrogen and oxygen atoms in total. The molecule has 20 heavy (non-hydrogen) atoms. The highest BCUT2D eigenvalue weighted by molar-refractivity contribution is 7.89. The maximum absolute atomic E-state index is 13.3. The molecule has 1 fully saturated rings. The lowest BCUT2D eigenvalue weighted by Crippen LogP contribution is -2.34. The van der Waals surface area contributed by atoms with Gasteiger partial charge in [0.15, 0.2) is 0 Å². The number of carbonyl (C=O) groups excluding carboxylic acids is 1. The summed E-state index contributed by atoms with van der Waals surface area (Å²) in [7, 11) is -3.78. The van der Waals surface area contributed by atoms with Gasteiger partial charge in [0.05, 0.1) is 10.6 Å². The molecule has 0 spiro atoms. The van der Waals surface area contributed by atoms with Crippen molar-refractivity contribution < 1.29 is 17.6 Å². The summed E-state index contributed by atoms with van der Waals surface area (Å²) < 4.78 is 39.6. The molecule has 2 rings (SSSR count). The van der Waals surface area contributed by atoms with Gasteiger partial charge in [-0.1, -0.05) is 0 Å². The SMILES string of the molecule is Cc1cc(F)c(N)cc1S(=O)(=O)N1CCNC(=O)CC1. The molecule has 3 N–H and O–H groups in total. The number of nitrogens with one attached hydrogen (secondary N) is 1. The minimum absolute atomic E-state index is 0.0225. The summed E-state index contributed by atoms with van der Waals surface area (Å²) in [5, 5.41) is 2.60. The molecule has 8 heteroatoms. The number of nitrogens with zero attached hydrogens (tertiary/aromatic N) is 1. The molecule has 0 atom stereocenters. The zero-order valence-corrected chi connectivity index (χ0v) is 11.8. The standard InChI is InChI=1S/C12H16FN3O3S/c1-8-6-9(13)10(14)7-11(8)20(18,19)16-4-2-12(17)15-3-5-16/h6-7H,2-5,14H2,1H3,(H,15,17). The van der Waals surface area contributed by atoms with Crippen molar-refractivity contribution in [2.75, 3.05) is 25.4 Å². The Kier molecular flexibility index (Phi) is 3.96. The van der Waals surface area contributed by atoms with Crippen molar-refractivity contribution in [3.05, 3.63) is 23.5 Å². The molecule has 1 aliphatic rings. The van der Waals surface area contributed by atoms with Crippen LogP contribution in [0.2, 0.25) is 0 Å². The van der Waals surface area contributed by atoms with Crippen LogP contribution >= 0.6 is 0 Å². The molecule has 0 aliphatic carbocycles. The number of rotatable bonds is 2. The maximum atomic E-state index is 13.3. The van der Waals surface area contributed by atoms with E-state index in [1.54, 1.807) is 0 Å². The fourth-order valence-electron chi connectivity index (χ4n) is 2.07. The molecule has 0 bridgehead atoms. The number of carbonyl (C=O) groups is 1. The third kappa shape index (κ3) is 2.75. The van der Waals surface area contributed by atoms with Crippen molar-refractivity contribution in [3.63, 3.8) is 0 Å². The van der Waals surface area contributed by atoms with Crippen LogP contribution in [0.25, 0.3) is 0 Å². The van der Waals surface area contributed by atoms with Gasteiger partial charge >= 0.3 is 0 Å². The third-order valence-electron chi connectivity index (χ3n) is 3.18. The number of anilines is 1. The summed E-state index contributed by atoms with van der Waals surface area (Å²) in [6, 6.07) is 2.23. The van der Waals surface area contributed by atoms with Gasteiger partial charge in [0.1, 0.15) is 5.82 Å². The van der Waals surface area contributed by atoms with Gasteiger partial charge in [-0.25, -0.2) is 12.8 Å². The molecule has 1 heterocycles. The molecule has 110 valence electrons. The van der Waals surface area contributed by atoms with E-state index in [-0.39, 0.29) is 42.5 Å². The maximum Gasteiger partial charge on any atom is 0.243 e. The summed E-state index contributed by atoms with van der Waals surface area (Å²) in [6.07, 6.45) is 0.106. The summed E-state index contributed by atoms with van der Waals surface area (Å²) in [4.78, 5) is 11.2. The highest BCUT2D eigenvalue weighted by atomic mass is 32.2. The quantitative estimate of drug-likeness (QED) is 0.765. The van der Waals surface area contributed by atoms with Crippen LogP contribution in [0.3, 0.4) is 0 Å². The molecule has 1 aromatic carbocycles. The van der Waals surface area contributed by atoms with Crippen LogP contribution in [-0.2, 0) is 14.8 Å². The number of hydrogen-bond acceptors (Lipinski definition) is 4. The molecular weight excluding hydrogens is 285 g/mol. The zero-order valence-electron chi connectivity index (χ0n) is 11.0. The Morgan fingerprint density at radius 3 is 2.75 bits per heavy atom. The van der Waals surface area contributed by atoms with Crippen LogP contribution in [0.1, 0.15) is 12.0 Å². The van der Waals surface area contributed by atoms with Gasteiger partial charge in [0, 0.05) is 26.1 Å². The number of nitrogen functional groups attached to an aromatic ring is 1. The second-order valence-electron chi connectivity index (χ2n) is 4.64. The van der Waals surface area contributed by atoms with E-state index in [0.717, 1.165) is 12.1 Å². The van der Waals surface area contributed by atoms with Gasteiger partial charge in [0.2, 0.25) is 15.9 Å². The first-order valence-electron chi connectivity index (χ1n) is 6.15. The van der Waals surface area contributed by atoms with Crippen molar-refractivity contribution in [3.8, 4) is 0 Å². The number of benzene rings is 1. The van der Waals surface area contributed by atoms with Crippen LogP contribution in [0.4, 0.5) is 10.1 Å². The van der Waals surface area contributed by atoms with E-state index in [2.05, 4.69) is 5.32 Å². The normalized spacial score (nSPS) is 17.6. The molecule has 0 aromatic heterocycles. The molecule has 1 aliphatic heterocycles. The first-order chi connectivity index (χ1) is 9.32. The van der Waals surface area contributed by atoms with Gasteiger partial charge in [-0.2, -0.15) is 4.31 Å². The minimum Gasteiger partial charge on any atom is -0.396 e. The van der Waals surface area contributed by atoms with E-state index in [1.807, 2.05) is 0 Å². The van der Waals surface area contributed by atoms with E-state index in [4.69, 9.17) is 5.73 Å². The lowest BCUT2D eigenvalue weighted by molar-refractivity contribution is -0.120. The lowest BCUT2D eigenvalue weighted by Gasteiger charge is -2.20. The van der Waals surface area contributed by atoms with Crippen molar-refractivity contribution in [1.82, 2.24) is 9.62 Å². The van der Waals surface area contributed by atoms with E-state index in [9.17, 15) is 17.6 Å². The molecule has 1 aromatic rings. The minimum atomic E-state index is -3.78. The highest BCUT2D eigenvalue weighted by Gasteiger charge is 2.28. The van der Waals surface area contributed by atoms with E-state index < -0.39 is 15.8 Å². The van der Waals surface area contributed by atoms with Gasteiger partial charge in [-0.05, 0) is 24.6 Å². The monoisotopic (exact) mass is 301 g/mol. The number of hydrogen-bond donors (Lipinski definition) is 2. The van der Waals surface area contributed by atoms with Gasteiger partial charge in [0.25, 0.3) is 0 Å². The summed E-state index contributed by atoms with van der Waals surface area (Å²) >= 11 is 0. The van der Waals surface area contributed by atoms with Crippen molar-refractivity contribution in [2.45, 2.75) is 18.2 Å². The van der Waals surface area contributed by atoms with E-state index in [0.29, 0.717) is 5.56 Å². The van der Waals surface area contributed by atoms with Gasteiger partial charge in [-0.3, -0.25) is 4.79 Å². The van der Waals surface area contributed by atoms with Crippen LogP contribution < -0.4 is 11.1 Å². The first-order valence-corrected chi connectivity index (χ1v) is 7.59. The number of nitrogens with two attached hydrogens (primary N) is 1. The Hall–Kier alpha value is -1.67. The molecule has 0 unspecified atom stereocenters. The van der Waals surface area contributed by atoms with Crippen molar-refractivity contribution in [1.29, 1.82) is 0 Å². The van der Waals surface area contributed by atoms with E-state index in [1.165, 1.54) is 11.2 Å². The van der Waals surface area contributed by atoms with Crippen LogP contribution in [0, 0.1) is 12.7 Å². The zero-order chi connectivity index (χ0) is 14.9. The highest BCUT2D eigenvalue weighted by Crippen LogP contribution is 2.25. The Bertz CT molecular complexity index is 646. The molecule has 0 radical (unpaired) electrons. The summed E-state index contributed by atoms with van der Waals surface area (Å²) in [5.74, 6) is -0.827. The predicted octanol–water partition coefficient (Wildman–Crippen LogP) is 0.227. The molecule has 1 amide bonds. The summed E-state index contributed by atoms with van der Waals surface area (Å²) in [6.45, 7) is 2.06. The average molecular weight is 301 g/mol. The number of amides is 1. The Labute approximate surface area is 116 Å². The van der Waals surface area contributed by atoms with Crippen molar-refractivity contribution in [2.24, 2.45) is 0 Å². The van der Waals surface area contributed by atoms with E-state index >= 15 is 0 Å². The molecular formula is C12H16FN3O3S. The Morgan fingerprint density at radius 1 is 1.35 bits per heavy atom. The fourth-order valence-corrected chi connectivity index (χ4v) is 3.76. The Morgan fingerprint density at radius 2 is 2.05 bits per heavy atom. The van der Waals surface area contributed by atoms with Crippen LogP contribution in [-0.4, -0.2) is 38.3 Å². The second-order valence-corrected chi connectivity index (χ2v) is 6.55. The molecule has 0 saturated carbocycles. The van der Waals surface area contributed by atoms with Crippen molar-refractivity contribution >= 4 is 21.6 Å². The molecule has 1 saturated heterocycles. The number of sulfonamides is 1. The van der Waals surface area contributed by atoms with Crippen LogP contribution in [0.15, 0.2) is 17.0 Å². The number of aryl methyl sites for hydroxylation is 1. The largest absolute Gasteiger partial charge is 0.396 e. The predicted molar refractivity (Wildman–Crippen MR) is 71.9 cm³/mol. The van der Waals surface area contributed by atoms with Gasteiger partial charge < -0.3 is 11.1 Å². The fraction of sp³-hybridized carbons (Fsp3) is 0.417. The topological polar surface area (TPSA) is 92.5 Å². The second kappa shape index (κ2) is 5.37. The summed E-state index contributed by atoms with van der Waals surface area (Å²) in [5.41, 5.74) is 5.53. The average Bonchev–Trinajstić information content (AvgIpc) is 2.59. The smallest absolute Gasteiger partial charge is 0.243 e. The first kappa shape index (κ1) is 14.7. The van der Waals surface area contributed by atoms with Crippen LogP contribution in [0.5, 0.6) is 0 Å². The third-order valence-corrected chi connectivity index (χ3v) is 5.22.